The van der Waals surface area contributed by atoms with E-state index >= 15 is 0 Å². The maximum Gasteiger partial charge on any atom is 0.244 e. The number of hydrogen-bond acceptors (Lipinski definition) is 5. The van der Waals surface area contributed by atoms with E-state index in [1.54, 1.807) is 0 Å². The Balaban J connectivity index is 2.61. The van der Waals surface area contributed by atoms with E-state index < -0.39 is 15.9 Å². The van der Waals surface area contributed by atoms with Gasteiger partial charge in [-0.15, -0.1) is 0 Å². The Hall–Kier alpha value is -1.19. The predicted molar refractivity (Wildman–Crippen MR) is 74.6 cm³/mol. The average Bonchev–Trinajstić information content (AvgIpc) is 2.31. The predicted octanol–water partition coefficient (Wildman–Crippen LogP) is 0.360. The molecule has 19 heavy (non-hydrogen) atoms. The lowest BCUT2D eigenvalue weighted by atomic mass is 10.2. The number of halogens is 1. The van der Waals surface area contributed by atoms with E-state index in [-0.39, 0.29) is 23.7 Å². The fourth-order valence-electron chi connectivity index (χ4n) is 1.36. The van der Waals surface area contributed by atoms with Crippen LogP contribution in [0.15, 0.2) is 21.6 Å². The lowest BCUT2D eigenvalue weighted by molar-refractivity contribution is -0.118. The molecule has 0 bridgehead atoms. The maximum atomic E-state index is 12.0. The number of aromatic nitrogens is 1. The topological polar surface area (TPSA) is 128 Å². The van der Waals surface area contributed by atoms with Crippen LogP contribution < -0.4 is 16.2 Å². The standard InChI is InChI=1S/C10H15BrN4O3S/c11-7-5-8(10(13)14-6-7)19(17,18)15-4-2-1-3-9(12)16/h5-6,15H,1-4H2,(H2,12,16)(H2,13,14). The molecule has 1 rings (SSSR count). The summed E-state index contributed by atoms with van der Waals surface area (Å²) >= 11 is 3.14. The van der Waals surface area contributed by atoms with E-state index in [0.29, 0.717) is 17.3 Å². The maximum absolute atomic E-state index is 12.0. The molecule has 1 aromatic heterocycles. The van der Waals surface area contributed by atoms with Crippen LogP contribution in [-0.4, -0.2) is 25.9 Å². The van der Waals surface area contributed by atoms with Gasteiger partial charge in [0.2, 0.25) is 15.9 Å². The van der Waals surface area contributed by atoms with Crippen molar-refractivity contribution < 1.29 is 13.2 Å². The van der Waals surface area contributed by atoms with Crippen LogP contribution in [0.1, 0.15) is 19.3 Å². The minimum atomic E-state index is -3.70. The number of nitrogens with zero attached hydrogens (tertiary/aromatic N) is 1. The smallest absolute Gasteiger partial charge is 0.244 e. The number of carbonyl (C=O) groups excluding carboxylic acids is 1. The summed E-state index contributed by atoms with van der Waals surface area (Å²) in [4.78, 5) is 14.2. The molecule has 0 atom stereocenters. The van der Waals surface area contributed by atoms with Crippen molar-refractivity contribution >= 4 is 37.7 Å². The monoisotopic (exact) mass is 350 g/mol. The van der Waals surface area contributed by atoms with E-state index in [1.807, 2.05) is 0 Å². The van der Waals surface area contributed by atoms with Crippen LogP contribution in [0.2, 0.25) is 0 Å². The summed E-state index contributed by atoms with van der Waals surface area (Å²) < 4.78 is 26.8. The summed E-state index contributed by atoms with van der Waals surface area (Å²) in [6.45, 7) is 0.210. The Bertz CT molecular complexity index is 562. The third-order valence-corrected chi connectivity index (χ3v) is 4.20. The Labute approximate surface area is 119 Å². The van der Waals surface area contributed by atoms with Crippen LogP contribution in [0.4, 0.5) is 5.82 Å². The first-order valence-corrected chi connectivity index (χ1v) is 7.79. The second kappa shape index (κ2) is 6.83. The number of anilines is 1. The lowest BCUT2D eigenvalue weighted by Crippen LogP contribution is -2.26. The van der Waals surface area contributed by atoms with Gasteiger partial charge in [-0.1, -0.05) is 0 Å². The van der Waals surface area contributed by atoms with Gasteiger partial charge < -0.3 is 11.5 Å². The van der Waals surface area contributed by atoms with Gasteiger partial charge in [0.15, 0.2) is 0 Å². The van der Waals surface area contributed by atoms with Gasteiger partial charge in [0.25, 0.3) is 0 Å². The molecule has 5 N–H and O–H groups in total. The Morgan fingerprint density at radius 2 is 2.11 bits per heavy atom. The molecular formula is C10H15BrN4O3S. The highest BCUT2D eigenvalue weighted by Crippen LogP contribution is 2.20. The van der Waals surface area contributed by atoms with Gasteiger partial charge in [-0.3, -0.25) is 4.79 Å². The molecule has 1 aromatic rings. The molecule has 0 spiro atoms. The molecule has 106 valence electrons. The summed E-state index contributed by atoms with van der Waals surface area (Å²) in [6, 6.07) is 1.38. The van der Waals surface area contributed by atoms with Crippen molar-refractivity contribution in [2.75, 3.05) is 12.3 Å². The van der Waals surface area contributed by atoms with Gasteiger partial charge in [-0.25, -0.2) is 18.1 Å². The fraction of sp³-hybridized carbons (Fsp3) is 0.400. The fourth-order valence-corrected chi connectivity index (χ4v) is 3.02. The summed E-state index contributed by atoms with van der Waals surface area (Å²) in [6.07, 6.45) is 2.71. The normalized spacial score (nSPS) is 11.4. The van der Waals surface area contributed by atoms with Crippen LogP contribution in [-0.2, 0) is 14.8 Å². The molecule has 1 amide bonds. The number of rotatable bonds is 7. The van der Waals surface area contributed by atoms with Crippen molar-refractivity contribution in [2.45, 2.75) is 24.2 Å². The zero-order valence-electron chi connectivity index (χ0n) is 10.1. The highest BCUT2D eigenvalue weighted by Gasteiger charge is 2.18. The van der Waals surface area contributed by atoms with Crippen molar-refractivity contribution in [3.8, 4) is 0 Å². The van der Waals surface area contributed by atoms with Crippen LogP contribution in [0.25, 0.3) is 0 Å². The van der Waals surface area contributed by atoms with E-state index in [1.165, 1.54) is 12.3 Å². The van der Waals surface area contributed by atoms with Crippen molar-refractivity contribution in [1.82, 2.24) is 9.71 Å². The van der Waals surface area contributed by atoms with Gasteiger partial charge in [0.05, 0.1) is 0 Å². The quantitative estimate of drug-likeness (QED) is 0.611. The highest BCUT2D eigenvalue weighted by molar-refractivity contribution is 9.10. The van der Waals surface area contributed by atoms with Crippen LogP contribution in [0, 0.1) is 0 Å². The largest absolute Gasteiger partial charge is 0.383 e. The molecular weight excluding hydrogens is 336 g/mol. The number of unbranched alkanes of at least 4 members (excludes halogenated alkanes) is 1. The van der Waals surface area contributed by atoms with Crippen molar-refractivity contribution in [1.29, 1.82) is 0 Å². The average molecular weight is 351 g/mol. The number of amides is 1. The molecule has 0 aliphatic heterocycles. The van der Waals surface area contributed by atoms with Gasteiger partial charge in [-0.2, -0.15) is 0 Å². The number of nitrogens with two attached hydrogens (primary N) is 2. The molecule has 0 aliphatic carbocycles. The minimum absolute atomic E-state index is 0.0622. The van der Waals surface area contributed by atoms with Crippen molar-refractivity contribution in [3.63, 3.8) is 0 Å². The number of sulfonamides is 1. The molecule has 1 heterocycles. The van der Waals surface area contributed by atoms with E-state index in [0.717, 1.165) is 0 Å². The number of hydrogen-bond donors (Lipinski definition) is 3. The Morgan fingerprint density at radius 3 is 2.74 bits per heavy atom. The van der Waals surface area contributed by atoms with Crippen molar-refractivity contribution in [3.05, 3.63) is 16.7 Å². The molecule has 0 saturated heterocycles. The third kappa shape index (κ3) is 5.13. The summed E-state index contributed by atoms with van der Waals surface area (Å²) in [5.74, 6) is -0.462. The summed E-state index contributed by atoms with van der Waals surface area (Å²) in [5, 5.41) is 0. The van der Waals surface area contributed by atoms with Crippen LogP contribution in [0.3, 0.4) is 0 Å². The number of nitrogen functional groups attached to an aromatic ring is 1. The molecule has 0 aromatic carbocycles. The molecule has 0 radical (unpaired) electrons. The first kappa shape index (κ1) is 15.9. The molecule has 9 heteroatoms. The van der Waals surface area contributed by atoms with Gasteiger partial charge >= 0.3 is 0 Å². The number of pyridine rings is 1. The van der Waals surface area contributed by atoms with Gasteiger partial charge in [0, 0.05) is 23.6 Å². The zero-order valence-corrected chi connectivity index (χ0v) is 12.5. The van der Waals surface area contributed by atoms with E-state index in [9.17, 15) is 13.2 Å². The first-order valence-electron chi connectivity index (χ1n) is 5.52. The molecule has 0 unspecified atom stereocenters. The second-order valence-corrected chi connectivity index (χ2v) is 6.51. The Morgan fingerprint density at radius 1 is 1.42 bits per heavy atom. The highest BCUT2D eigenvalue weighted by atomic mass is 79.9. The van der Waals surface area contributed by atoms with Crippen molar-refractivity contribution in [2.24, 2.45) is 5.73 Å². The molecule has 0 aliphatic rings. The van der Waals surface area contributed by atoms with E-state index in [2.05, 4.69) is 25.6 Å². The number of primary amides is 1. The van der Waals surface area contributed by atoms with Crippen LogP contribution in [0.5, 0.6) is 0 Å². The minimum Gasteiger partial charge on any atom is -0.383 e. The lowest BCUT2D eigenvalue weighted by Gasteiger charge is -2.08. The molecule has 0 fully saturated rings. The zero-order chi connectivity index (χ0) is 14.5. The first-order chi connectivity index (χ1) is 8.83. The third-order valence-electron chi connectivity index (χ3n) is 2.28. The van der Waals surface area contributed by atoms with Gasteiger partial charge in [-0.05, 0) is 34.8 Å². The Kier molecular flexibility index (Phi) is 5.70. The van der Waals surface area contributed by atoms with Crippen LogP contribution >= 0.6 is 15.9 Å². The molecule has 7 nitrogen and oxygen atoms in total. The number of nitrogens with one attached hydrogen (secondary N) is 1. The summed E-state index contributed by atoms with van der Waals surface area (Å²) in [7, 11) is -3.70. The molecule has 0 saturated carbocycles. The SMILES string of the molecule is NC(=O)CCCCNS(=O)(=O)c1cc(Br)cnc1N. The summed E-state index contributed by atoms with van der Waals surface area (Å²) in [5.41, 5.74) is 10.5. The van der Waals surface area contributed by atoms with E-state index in [4.69, 9.17) is 11.5 Å². The number of carbonyl (C=O) groups is 1. The van der Waals surface area contributed by atoms with Gasteiger partial charge in [0.1, 0.15) is 10.7 Å². The second-order valence-electron chi connectivity index (χ2n) is 3.86.